The SMILES string of the molecule is CCc1cc2c(N(CCO)CCO)nc(N3CCN(C=O)CC3)nc2s1. The molecule has 3 rings (SSSR count). The average Bonchev–Trinajstić information content (AvgIpc) is 3.10. The van der Waals surface area contributed by atoms with Crippen LogP contribution < -0.4 is 9.80 Å². The van der Waals surface area contributed by atoms with Crippen LogP contribution in [0.25, 0.3) is 10.2 Å². The van der Waals surface area contributed by atoms with E-state index in [1.165, 1.54) is 4.88 Å². The summed E-state index contributed by atoms with van der Waals surface area (Å²) in [5.74, 6) is 1.39. The van der Waals surface area contributed by atoms with E-state index in [9.17, 15) is 15.0 Å². The van der Waals surface area contributed by atoms with Crippen LogP contribution in [0.5, 0.6) is 0 Å². The number of amides is 1. The molecule has 3 heterocycles. The zero-order valence-corrected chi connectivity index (χ0v) is 15.8. The van der Waals surface area contributed by atoms with Crippen LogP contribution >= 0.6 is 11.3 Å². The summed E-state index contributed by atoms with van der Waals surface area (Å²) in [5.41, 5.74) is 0. The van der Waals surface area contributed by atoms with Crippen LogP contribution in [-0.4, -0.2) is 84.0 Å². The second-order valence-electron chi connectivity index (χ2n) is 6.19. The maximum Gasteiger partial charge on any atom is 0.228 e. The molecule has 1 fully saturated rings. The molecule has 0 spiro atoms. The van der Waals surface area contributed by atoms with Gasteiger partial charge in [0, 0.05) is 44.1 Å². The molecule has 0 unspecified atom stereocenters. The van der Waals surface area contributed by atoms with Crippen molar-refractivity contribution in [2.45, 2.75) is 13.3 Å². The zero-order valence-electron chi connectivity index (χ0n) is 15.0. The normalized spacial score (nSPS) is 14.9. The third-order valence-corrected chi connectivity index (χ3v) is 5.72. The molecule has 142 valence electrons. The fourth-order valence-electron chi connectivity index (χ4n) is 3.09. The summed E-state index contributed by atoms with van der Waals surface area (Å²) in [4.78, 5) is 28.3. The van der Waals surface area contributed by atoms with Gasteiger partial charge in [0.2, 0.25) is 12.4 Å². The number of fused-ring (bicyclic) bond motifs is 1. The predicted molar refractivity (Wildman–Crippen MR) is 103 cm³/mol. The number of aryl methyl sites for hydroxylation is 1. The molecule has 8 nitrogen and oxygen atoms in total. The van der Waals surface area contributed by atoms with Crippen LogP contribution in [0.15, 0.2) is 6.07 Å². The number of nitrogens with zero attached hydrogens (tertiary/aromatic N) is 5. The van der Waals surface area contributed by atoms with Crippen LogP contribution in [-0.2, 0) is 11.2 Å². The molecule has 9 heteroatoms. The molecule has 0 saturated carbocycles. The monoisotopic (exact) mass is 379 g/mol. The van der Waals surface area contributed by atoms with Crippen LogP contribution in [0.1, 0.15) is 11.8 Å². The van der Waals surface area contributed by atoms with Crippen molar-refractivity contribution < 1.29 is 15.0 Å². The molecule has 1 aliphatic rings. The highest BCUT2D eigenvalue weighted by Crippen LogP contribution is 2.33. The van der Waals surface area contributed by atoms with Crippen molar-refractivity contribution in [3.05, 3.63) is 10.9 Å². The molecule has 0 bridgehead atoms. The second-order valence-corrected chi connectivity index (χ2v) is 7.31. The van der Waals surface area contributed by atoms with E-state index >= 15 is 0 Å². The van der Waals surface area contributed by atoms with Crippen LogP contribution in [0.3, 0.4) is 0 Å². The lowest BCUT2D eigenvalue weighted by Crippen LogP contribution is -2.46. The highest BCUT2D eigenvalue weighted by atomic mass is 32.1. The molecule has 0 aromatic carbocycles. The zero-order chi connectivity index (χ0) is 18.5. The van der Waals surface area contributed by atoms with Crippen molar-refractivity contribution in [3.63, 3.8) is 0 Å². The first-order valence-electron chi connectivity index (χ1n) is 8.91. The van der Waals surface area contributed by atoms with Gasteiger partial charge >= 0.3 is 0 Å². The van der Waals surface area contributed by atoms with Gasteiger partial charge in [0.1, 0.15) is 10.6 Å². The molecular weight excluding hydrogens is 354 g/mol. The Balaban J connectivity index is 2.00. The van der Waals surface area contributed by atoms with E-state index in [1.54, 1.807) is 16.2 Å². The summed E-state index contributed by atoms with van der Waals surface area (Å²) >= 11 is 1.65. The van der Waals surface area contributed by atoms with Gasteiger partial charge in [-0.2, -0.15) is 4.98 Å². The van der Waals surface area contributed by atoms with Gasteiger partial charge in [0.25, 0.3) is 0 Å². The van der Waals surface area contributed by atoms with Gasteiger partial charge in [-0.25, -0.2) is 4.98 Å². The van der Waals surface area contributed by atoms with E-state index in [0.717, 1.165) is 28.9 Å². The quantitative estimate of drug-likeness (QED) is 0.638. The summed E-state index contributed by atoms with van der Waals surface area (Å²) in [6, 6.07) is 2.10. The molecule has 1 amide bonds. The van der Waals surface area contributed by atoms with Crippen LogP contribution in [0.2, 0.25) is 0 Å². The Labute approximate surface area is 156 Å². The number of aromatic nitrogens is 2. The van der Waals surface area contributed by atoms with Gasteiger partial charge in [-0.1, -0.05) is 6.92 Å². The molecule has 1 saturated heterocycles. The summed E-state index contributed by atoms with van der Waals surface area (Å²) in [5, 5.41) is 19.8. The molecule has 26 heavy (non-hydrogen) atoms. The Morgan fingerprint density at radius 2 is 1.88 bits per heavy atom. The van der Waals surface area contributed by atoms with Crippen molar-refractivity contribution in [1.82, 2.24) is 14.9 Å². The average molecular weight is 379 g/mol. The fourth-order valence-corrected chi connectivity index (χ4v) is 4.05. The van der Waals surface area contributed by atoms with Gasteiger partial charge in [0.15, 0.2) is 0 Å². The molecule has 2 aromatic heterocycles. The fraction of sp³-hybridized carbons (Fsp3) is 0.588. The Morgan fingerprint density at radius 1 is 1.19 bits per heavy atom. The molecule has 2 aromatic rings. The number of hydrogen-bond acceptors (Lipinski definition) is 8. The van der Waals surface area contributed by atoms with Gasteiger partial charge in [0.05, 0.1) is 18.6 Å². The molecule has 2 N–H and O–H groups in total. The van der Waals surface area contributed by atoms with E-state index < -0.39 is 0 Å². The third kappa shape index (κ3) is 3.89. The number of piperazine rings is 1. The Morgan fingerprint density at radius 3 is 2.46 bits per heavy atom. The highest BCUT2D eigenvalue weighted by Gasteiger charge is 2.22. The maximum atomic E-state index is 10.9. The lowest BCUT2D eigenvalue weighted by atomic mass is 10.3. The molecule has 0 aliphatic carbocycles. The smallest absolute Gasteiger partial charge is 0.228 e. The van der Waals surface area contributed by atoms with E-state index in [0.29, 0.717) is 45.2 Å². The topological polar surface area (TPSA) is 93.0 Å². The van der Waals surface area contributed by atoms with E-state index in [1.807, 2.05) is 4.90 Å². The number of thiophene rings is 1. The molecule has 0 radical (unpaired) electrons. The predicted octanol–water partition coefficient (Wildman–Crippen LogP) is 0.323. The Hall–Kier alpha value is -1.97. The lowest BCUT2D eigenvalue weighted by Gasteiger charge is -2.33. The van der Waals surface area contributed by atoms with E-state index in [4.69, 9.17) is 9.97 Å². The third-order valence-electron chi connectivity index (χ3n) is 4.55. The number of rotatable bonds is 8. The summed E-state index contributed by atoms with van der Waals surface area (Å²) in [7, 11) is 0. The number of hydrogen-bond donors (Lipinski definition) is 2. The van der Waals surface area contributed by atoms with Gasteiger partial charge in [-0.3, -0.25) is 4.79 Å². The van der Waals surface area contributed by atoms with Gasteiger partial charge < -0.3 is 24.9 Å². The highest BCUT2D eigenvalue weighted by molar-refractivity contribution is 7.18. The first-order chi connectivity index (χ1) is 12.7. The van der Waals surface area contributed by atoms with Crippen molar-refractivity contribution in [2.75, 3.05) is 62.3 Å². The molecule has 1 aliphatic heterocycles. The van der Waals surface area contributed by atoms with Crippen molar-refractivity contribution in [2.24, 2.45) is 0 Å². The number of carbonyl (C=O) groups is 1. The summed E-state index contributed by atoms with van der Waals surface area (Å²) in [6.07, 6.45) is 1.80. The Kier molecular flexibility index (Phi) is 6.23. The first-order valence-corrected chi connectivity index (χ1v) is 9.73. The van der Waals surface area contributed by atoms with Crippen LogP contribution in [0, 0.1) is 0 Å². The molecular formula is C17H25N5O3S. The number of anilines is 2. The lowest BCUT2D eigenvalue weighted by molar-refractivity contribution is -0.118. The molecule has 0 atom stereocenters. The van der Waals surface area contributed by atoms with Gasteiger partial charge in [-0.05, 0) is 12.5 Å². The van der Waals surface area contributed by atoms with Crippen molar-refractivity contribution in [3.8, 4) is 0 Å². The number of aliphatic hydroxyl groups is 2. The minimum absolute atomic E-state index is 0.0103. The largest absolute Gasteiger partial charge is 0.395 e. The van der Waals surface area contributed by atoms with Crippen molar-refractivity contribution in [1.29, 1.82) is 0 Å². The minimum Gasteiger partial charge on any atom is -0.395 e. The van der Waals surface area contributed by atoms with E-state index in [-0.39, 0.29) is 13.2 Å². The standard InChI is InChI=1S/C17H25N5O3S/c1-2-13-11-14-15(21(7-9-23)8-10-24)18-17(19-16(14)26-13)22-5-3-20(12-25)4-6-22/h11-12,23-24H,2-10H2,1H3. The number of aliphatic hydroxyl groups excluding tert-OH is 2. The van der Waals surface area contributed by atoms with Crippen molar-refractivity contribution >= 4 is 39.7 Å². The van der Waals surface area contributed by atoms with Gasteiger partial charge in [-0.15, -0.1) is 11.3 Å². The van der Waals surface area contributed by atoms with Crippen LogP contribution in [0.4, 0.5) is 11.8 Å². The first kappa shape index (κ1) is 18.8. The summed E-state index contributed by atoms with van der Waals surface area (Å²) < 4.78 is 0. The maximum absolute atomic E-state index is 10.9. The Bertz CT molecular complexity index is 739. The summed E-state index contributed by atoms with van der Waals surface area (Å²) in [6.45, 7) is 5.59. The second kappa shape index (κ2) is 8.61. The minimum atomic E-state index is -0.0103. The number of carbonyl (C=O) groups excluding carboxylic acids is 1. The van der Waals surface area contributed by atoms with E-state index in [2.05, 4.69) is 17.9 Å².